The molecule has 0 aliphatic rings. The van der Waals surface area contributed by atoms with Crippen molar-refractivity contribution in [2.75, 3.05) is 6.61 Å². The van der Waals surface area contributed by atoms with Crippen LogP contribution in [0.15, 0.2) is 18.2 Å². The first-order valence-electron chi connectivity index (χ1n) is 6.00. The summed E-state index contributed by atoms with van der Waals surface area (Å²) in [6, 6.07) is 5.33. The van der Waals surface area contributed by atoms with Gasteiger partial charge in [-0.1, -0.05) is 6.07 Å². The van der Waals surface area contributed by atoms with E-state index in [1.165, 1.54) is 0 Å². The molecule has 0 amide bonds. The Morgan fingerprint density at radius 2 is 2.06 bits per heavy atom. The van der Waals surface area contributed by atoms with Gasteiger partial charge in [0.2, 0.25) is 0 Å². The first-order chi connectivity index (χ1) is 8.57. The van der Waals surface area contributed by atoms with E-state index in [1.807, 2.05) is 19.9 Å². The quantitative estimate of drug-likeness (QED) is 0.871. The summed E-state index contributed by atoms with van der Waals surface area (Å²) in [6.07, 6.45) is 0.668. The minimum atomic E-state index is -0.900. The highest BCUT2D eigenvalue weighted by molar-refractivity contribution is 6.05. The van der Waals surface area contributed by atoms with Crippen LogP contribution >= 0.6 is 0 Å². The minimum absolute atomic E-state index is 0.136. The zero-order chi connectivity index (χ0) is 13.3. The van der Waals surface area contributed by atoms with E-state index in [9.17, 15) is 9.90 Å². The molecule has 4 nitrogen and oxygen atoms in total. The molecular weight excluding hydrogens is 230 g/mol. The molecule has 0 radical (unpaired) electrons. The fourth-order valence-corrected chi connectivity index (χ4v) is 2.42. The van der Waals surface area contributed by atoms with Gasteiger partial charge in [0.15, 0.2) is 0 Å². The van der Waals surface area contributed by atoms with Crippen LogP contribution in [-0.2, 0) is 6.54 Å². The van der Waals surface area contributed by atoms with Crippen LogP contribution in [0, 0.1) is 13.8 Å². The third-order valence-corrected chi connectivity index (χ3v) is 3.43. The van der Waals surface area contributed by atoms with Gasteiger partial charge in [0.1, 0.15) is 0 Å². The molecule has 0 atom stereocenters. The number of aliphatic hydroxyl groups is 1. The van der Waals surface area contributed by atoms with Crippen LogP contribution in [0.5, 0.6) is 0 Å². The van der Waals surface area contributed by atoms with Crippen molar-refractivity contribution in [2.45, 2.75) is 26.8 Å². The van der Waals surface area contributed by atoms with Crippen molar-refractivity contribution in [1.29, 1.82) is 0 Å². The second-order valence-corrected chi connectivity index (χ2v) is 4.44. The molecule has 18 heavy (non-hydrogen) atoms. The Morgan fingerprint density at radius 1 is 1.33 bits per heavy atom. The lowest BCUT2D eigenvalue weighted by Crippen LogP contribution is -2.02. The standard InChI is InChI=1S/C14H17NO3/c1-9-10(2)15(7-4-8-16)12-6-3-5-11(13(9)12)14(17)18/h3,5-6,16H,4,7-8H2,1-2H3,(H,17,18). The van der Waals surface area contributed by atoms with E-state index in [0.29, 0.717) is 18.5 Å². The number of aryl methyl sites for hydroxylation is 2. The molecule has 2 N–H and O–H groups in total. The minimum Gasteiger partial charge on any atom is -0.478 e. The summed E-state index contributed by atoms with van der Waals surface area (Å²) < 4.78 is 2.08. The molecule has 2 aromatic rings. The predicted molar refractivity (Wildman–Crippen MR) is 70.1 cm³/mol. The van der Waals surface area contributed by atoms with Crippen molar-refractivity contribution >= 4 is 16.9 Å². The summed E-state index contributed by atoms with van der Waals surface area (Å²) in [5.74, 6) is -0.900. The number of carbonyl (C=O) groups is 1. The molecule has 1 aromatic carbocycles. The predicted octanol–water partition coefficient (Wildman–Crippen LogP) is 2.34. The molecule has 1 aromatic heterocycles. The van der Waals surface area contributed by atoms with Crippen LogP contribution in [0.25, 0.3) is 10.9 Å². The topological polar surface area (TPSA) is 62.5 Å². The molecular formula is C14H17NO3. The molecule has 1 heterocycles. The average Bonchev–Trinajstić information content (AvgIpc) is 2.60. The van der Waals surface area contributed by atoms with Crippen LogP contribution in [-0.4, -0.2) is 27.4 Å². The van der Waals surface area contributed by atoms with Crippen LogP contribution in [0.2, 0.25) is 0 Å². The van der Waals surface area contributed by atoms with Crippen LogP contribution < -0.4 is 0 Å². The highest BCUT2D eigenvalue weighted by atomic mass is 16.4. The Kier molecular flexibility index (Phi) is 3.39. The van der Waals surface area contributed by atoms with Gasteiger partial charge in [0.25, 0.3) is 0 Å². The second-order valence-electron chi connectivity index (χ2n) is 4.44. The Balaban J connectivity index is 2.71. The molecule has 0 aliphatic heterocycles. The van der Waals surface area contributed by atoms with Gasteiger partial charge >= 0.3 is 5.97 Å². The van der Waals surface area contributed by atoms with Gasteiger partial charge in [0.05, 0.1) is 5.56 Å². The molecule has 4 heteroatoms. The molecule has 2 rings (SSSR count). The van der Waals surface area contributed by atoms with E-state index in [2.05, 4.69) is 4.57 Å². The van der Waals surface area contributed by atoms with Gasteiger partial charge in [-0.15, -0.1) is 0 Å². The summed E-state index contributed by atoms with van der Waals surface area (Å²) >= 11 is 0. The number of benzene rings is 1. The number of aliphatic hydroxyl groups excluding tert-OH is 1. The first kappa shape index (κ1) is 12.6. The maximum Gasteiger partial charge on any atom is 0.336 e. The van der Waals surface area contributed by atoms with Gasteiger partial charge in [-0.3, -0.25) is 0 Å². The molecule has 0 saturated heterocycles. The lowest BCUT2D eigenvalue weighted by atomic mass is 10.1. The number of hydrogen-bond acceptors (Lipinski definition) is 2. The van der Waals surface area contributed by atoms with Crippen LogP contribution in [0.4, 0.5) is 0 Å². The first-order valence-corrected chi connectivity index (χ1v) is 6.00. The number of nitrogens with zero attached hydrogens (tertiary/aromatic N) is 1. The summed E-state index contributed by atoms with van der Waals surface area (Å²) in [7, 11) is 0. The highest BCUT2D eigenvalue weighted by Gasteiger charge is 2.16. The maximum atomic E-state index is 11.3. The third-order valence-electron chi connectivity index (χ3n) is 3.43. The van der Waals surface area contributed by atoms with Gasteiger partial charge in [0, 0.05) is 29.7 Å². The molecule has 0 aliphatic carbocycles. The number of carboxylic acids is 1. The molecule has 0 spiro atoms. The van der Waals surface area contributed by atoms with E-state index >= 15 is 0 Å². The van der Waals surface area contributed by atoms with E-state index in [1.54, 1.807) is 12.1 Å². The van der Waals surface area contributed by atoms with Crippen molar-refractivity contribution in [3.8, 4) is 0 Å². The molecule has 96 valence electrons. The molecule has 0 saturated carbocycles. The lowest BCUT2D eigenvalue weighted by Gasteiger charge is -2.07. The largest absolute Gasteiger partial charge is 0.478 e. The number of aromatic nitrogens is 1. The Bertz CT molecular complexity index is 599. The normalized spacial score (nSPS) is 11.1. The Hall–Kier alpha value is -1.81. The smallest absolute Gasteiger partial charge is 0.336 e. The average molecular weight is 247 g/mol. The highest BCUT2D eigenvalue weighted by Crippen LogP contribution is 2.28. The molecule has 0 bridgehead atoms. The van der Waals surface area contributed by atoms with Crippen LogP contribution in [0.3, 0.4) is 0 Å². The zero-order valence-corrected chi connectivity index (χ0v) is 10.6. The maximum absolute atomic E-state index is 11.3. The van der Waals surface area contributed by atoms with Crippen molar-refractivity contribution in [3.05, 3.63) is 35.0 Å². The zero-order valence-electron chi connectivity index (χ0n) is 10.6. The summed E-state index contributed by atoms with van der Waals surface area (Å²) in [6.45, 7) is 4.77. The Morgan fingerprint density at radius 3 is 2.67 bits per heavy atom. The number of rotatable bonds is 4. The second kappa shape index (κ2) is 4.82. The number of fused-ring (bicyclic) bond motifs is 1. The Labute approximate surface area is 105 Å². The van der Waals surface area contributed by atoms with Crippen molar-refractivity contribution in [2.24, 2.45) is 0 Å². The van der Waals surface area contributed by atoms with E-state index < -0.39 is 5.97 Å². The van der Waals surface area contributed by atoms with Crippen molar-refractivity contribution in [1.82, 2.24) is 4.57 Å². The van der Waals surface area contributed by atoms with Crippen molar-refractivity contribution < 1.29 is 15.0 Å². The number of aromatic carboxylic acids is 1. The SMILES string of the molecule is Cc1c(C)n(CCCO)c2cccc(C(=O)O)c12. The third kappa shape index (κ3) is 1.88. The van der Waals surface area contributed by atoms with E-state index in [4.69, 9.17) is 5.11 Å². The van der Waals surface area contributed by atoms with Gasteiger partial charge < -0.3 is 14.8 Å². The van der Waals surface area contributed by atoms with Crippen LogP contribution in [0.1, 0.15) is 28.0 Å². The van der Waals surface area contributed by atoms with Gasteiger partial charge in [-0.05, 0) is 38.0 Å². The fraction of sp³-hybridized carbons (Fsp3) is 0.357. The van der Waals surface area contributed by atoms with E-state index in [0.717, 1.165) is 22.2 Å². The van der Waals surface area contributed by atoms with Gasteiger partial charge in [-0.25, -0.2) is 4.79 Å². The number of carboxylic acid groups (broad SMARTS) is 1. The summed E-state index contributed by atoms with van der Waals surface area (Å²) in [5, 5.41) is 19.0. The summed E-state index contributed by atoms with van der Waals surface area (Å²) in [4.78, 5) is 11.3. The van der Waals surface area contributed by atoms with E-state index in [-0.39, 0.29) is 6.61 Å². The monoisotopic (exact) mass is 247 g/mol. The number of hydrogen-bond donors (Lipinski definition) is 2. The summed E-state index contributed by atoms with van der Waals surface area (Å²) in [5.41, 5.74) is 3.34. The fourth-order valence-electron chi connectivity index (χ4n) is 2.42. The van der Waals surface area contributed by atoms with Gasteiger partial charge in [-0.2, -0.15) is 0 Å². The van der Waals surface area contributed by atoms with Crippen molar-refractivity contribution in [3.63, 3.8) is 0 Å². The molecule has 0 fully saturated rings. The lowest BCUT2D eigenvalue weighted by molar-refractivity contribution is 0.0699. The molecule has 0 unspecified atom stereocenters.